The Labute approximate surface area is 120 Å². The van der Waals surface area contributed by atoms with E-state index in [9.17, 15) is 0 Å². The third-order valence-corrected chi connectivity index (χ3v) is 3.78. The van der Waals surface area contributed by atoms with Gasteiger partial charge in [-0.15, -0.1) is 0 Å². The minimum atomic E-state index is 0.546. The number of aryl methyl sites for hydroxylation is 2. The van der Waals surface area contributed by atoms with Gasteiger partial charge in [0.15, 0.2) is 5.82 Å². The molecule has 0 aliphatic rings. The monoisotopic (exact) mass is 354 g/mol. The predicted octanol–water partition coefficient (Wildman–Crippen LogP) is 2.99. The number of anilines is 1. The first-order valence-corrected chi connectivity index (χ1v) is 6.94. The second-order valence-electron chi connectivity index (χ2n) is 4.13. The number of nitrogen functional groups attached to an aromatic ring is 1. The van der Waals surface area contributed by atoms with Crippen molar-refractivity contribution in [2.75, 3.05) is 5.73 Å². The molecule has 0 aromatic carbocycles. The van der Waals surface area contributed by atoms with Crippen LogP contribution in [0.25, 0.3) is 11.4 Å². The van der Waals surface area contributed by atoms with Gasteiger partial charge < -0.3 is 5.73 Å². The second kappa shape index (κ2) is 5.60. The van der Waals surface area contributed by atoms with Crippen LogP contribution in [0.15, 0.2) is 18.3 Å². The number of nitrogens with two attached hydrogens (primary N) is 1. The summed E-state index contributed by atoms with van der Waals surface area (Å²) >= 11 is 2.20. The summed E-state index contributed by atoms with van der Waals surface area (Å²) in [6, 6.07) is 3.92. The fourth-order valence-electron chi connectivity index (χ4n) is 1.64. The predicted molar refractivity (Wildman–Crippen MR) is 81.1 cm³/mol. The van der Waals surface area contributed by atoms with Crippen molar-refractivity contribution in [3.8, 4) is 11.4 Å². The van der Waals surface area contributed by atoms with Gasteiger partial charge in [0.25, 0.3) is 0 Å². The molecule has 0 unspecified atom stereocenters. The summed E-state index contributed by atoms with van der Waals surface area (Å²) in [5.41, 5.74) is 8.84. The summed E-state index contributed by atoms with van der Waals surface area (Å²) in [5, 5.41) is 0. The number of halogens is 1. The van der Waals surface area contributed by atoms with Crippen LogP contribution < -0.4 is 5.73 Å². The highest BCUT2D eigenvalue weighted by Gasteiger charge is 2.10. The first kappa shape index (κ1) is 13.2. The molecule has 0 saturated carbocycles. The average Bonchev–Trinajstić information content (AvgIpc) is 2.36. The minimum Gasteiger partial charge on any atom is -0.383 e. The van der Waals surface area contributed by atoms with Crippen LogP contribution in [-0.2, 0) is 6.42 Å². The number of nitrogens with zero attached hydrogens (tertiary/aromatic N) is 3. The molecule has 0 radical (unpaired) electrons. The molecule has 5 heteroatoms. The zero-order chi connectivity index (χ0) is 13.1. The molecular weight excluding hydrogens is 339 g/mol. The van der Waals surface area contributed by atoms with E-state index in [1.54, 1.807) is 6.20 Å². The van der Waals surface area contributed by atoms with Gasteiger partial charge in [-0.1, -0.05) is 13.3 Å². The SMILES string of the molecule is CCCc1nc(-c2ccc(C)nc2)nc(N)c1I. The van der Waals surface area contributed by atoms with Crippen molar-refractivity contribution in [1.82, 2.24) is 15.0 Å². The Balaban J connectivity index is 2.48. The third kappa shape index (κ3) is 2.77. The van der Waals surface area contributed by atoms with Crippen LogP contribution >= 0.6 is 22.6 Å². The van der Waals surface area contributed by atoms with E-state index in [1.165, 1.54) is 0 Å². The Morgan fingerprint density at radius 2 is 2.06 bits per heavy atom. The van der Waals surface area contributed by atoms with Crippen molar-refractivity contribution in [2.45, 2.75) is 26.7 Å². The van der Waals surface area contributed by atoms with E-state index in [0.29, 0.717) is 11.6 Å². The van der Waals surface area contributed by atoms with Gasteiger partial charge in [0.05, 0.1) is 9.26 Å². The van der Waals surface area contributed by atoms with Gasteiger partial charge in [0, 0.05) is 17.5 Å². The molecule has 0 bridgehead atoms. The first-order chi connectivity index (χ1) is 8.61. The molecule has 0 atom stereocenters. The molecular formula is C13H15IN4. The van der Waals surface area contributed by atoms with Gasteiger partial charge in [-0.3, -0.25) is 4.98 Å². The Kier molecular flexibility index (Phi) is 4.11. The first-order valence-electron chi connectivity index (χ1n) is 5.86. The smallest absolute Gasteiger partial charge is 0.163 e. The lowest BCUT2D eigenvalue weighted by atomic mass is 10.2. The molecule has 0 aliphatic carbocycles. The molecule has 2 N–H and O–H groups in total. The average molecular weight is 354 g/mol. The van der Waals surface area contributed by atoms with Crippen molar-refractivity contribution >= 4 is 28.4 Å². The molecule has 2 aromatic rings. The maximum absolute atomic E-state index is 5.94. The van der Waals surface area contributed by atoms with E-state index in [-0.39, 0.29) is 0 Å². The Morgan fingerprint density at radius 3 is 2.67 bits per heavy atom. The molecule has 2 rings (SSSR count). The van der Waals surface area contributed by atoms with Crippen LogP contribution in [-0.4, -0.2) is 15.0 Å². The number of hydrogen-bond donors (Lipinski definition) is 1. The maximum atomic E-state index is 5.94. The highest BCUT2D eigenvalue weighted by Crippen LogP contribution is 2.22. The quantitative estimate of drug-likeness (QED) is 0.861. The Hall–Kier alpha value is -1.24. The summed E-state index contributed by atoms with van der Waals surface area (Å²) in [5.74, 6) is 1.20. The van der Waals surface area contributed by atoms with Crippen molar-refractivity contribution < 1.29 is 0 Å². The molecule has 0 fully saturated rings. The highest BCUT2D eigenvalue weighted by atomic mass is 127. The van der Waals surface area contributed by atoms with E-state index >= 15 is 0 Å². The third-order valence-electron chi connectivity index (χ3n) is 2.60. The van der Waals surface area contributed by atoms with Crippen LogP contribution in [0.1, 0.15) is 24.7 Å². The van der Waals surface area contributed by atoms with E-state index in [1.807, 2.05) is 19.1 Å². The highest BCUT2D eigenvalue weighted by molar-refractivity contribution is 14.1. The van der Waals surface area contributed by atoms with Crippen LogP contribution in [0.5, 0.6) is 0 Å². The van der Waals surface area contributed by atoms with Crippen molar-refractivity contribution in [2.24, 2.45) is 0 Å². The number of rotatable bonds is 3. The molecule has 2 aromatic heterocycles. The minimum absolute atomic E-state index is 0.546. The van der Waals surface area contributed by atoms with Gasteiger partial charge >= 0.3 is 0 Å². The fraction of sp³-hybridized carbons (Fsp3) is 0.308. The summed E-state index contributed by atoms with van der Waals surface area (Å²) in [7, 11) is 0. The number of hydrogen-bond acceptors (Lipinski definition) is 4. The Morgan fingerprint density at radius 1 is 1.28 bits per heavy atom. The molecule has 94 valence electrons. The molecule has 2 heterocycles. The molecule has 0 saturated heterocycles. The van der Waals surface area contributed by atoms with E-state index in [2.05, 4.69) is 44.5 Å². The standard InChI is InChI=1S/C13H15IN4/c1-3-4-10-11(14)12(15)18-13(17-10)9-6-5-8(2)16-7-9/h5-7H,3-4H2,1-2H3,(H2,15,17,18). The zero-order valence-corrected chi connectivity index (χ0v) is 12.6. The lowest BCUT2D eigenvalue weighted by Gasteiger charge is -2.08. The molecule has 18 heavy (non-hydrogen) atoms. The zero-order valence-electron chi connectivity index (χ0n) is 10.4. The normalized spacial score (nSPS) is 10.6. The molecule has 0 amide bonds. The molecule has 0 spiro atoms. The maximum Gasteiger partial charge on any atom is 0.163 e. The van der Waals surface area contributed by atoms with Crippen LogP contribution in [0.4, 0.5) is 5.82 Å². The summed E-state index contributed by atoms with van der Waals surface area (Å²) in [4.78, 5) is 13.2. The van der Waals surface area contributed by atoms with Gasteiger partial charge in [-0.25, -0.2) is 9.97 Å². The van der Waals surface area contributed by atoms with Gasteiger partial charge in [-0.2, -0.15) is 0 Å². The number of aromatic nitrogens is 3. The topological polar surface area (TPSA) is 64.7 Å². The van der Waals surface area contributed by atoms with E-state index < -0.39 is 0 Å². The van der Waals surface area contributed by atoms with Crippen molar-refractivity contribution in [3.05, 3.63) is 33.3 Å². The van der Waals surface area contributed by atoms with Gasteiger partial charge in [0.2, 0.25) is 0 Å². The van der Waals surface area contributed by atoms with E-state index in [0.717, 1.165) is 33.4 Å². The van der Waals surface area contributed by atoms with Crippen LogP contribution in [0, 0.1) is 10.5 Å². The van der Waals surface area contributed by atoms with Crippen molar-refractivity contribution in [3.63, 3.8) is 0 Å². The van der Waals surface area contributed by atoms with Crippen LogP contribution in [0.3, 0.4) is 0 Å². The summed E-state index contributed by atoms with van der Waals surface area (Å²) in [6.45, 7) is 4.08. The van der Waals surface area contributed by atoms with Gasteiger partial charge in [-0.05, 0) is 48.1 Å². The molecule has 0 aliphatic heterocycles. The Bertz CT molecular complexity index is 552. The van der Waals surface area contributed by atoms with Gasteiger partial charge in [0.1, 0.15) is 5.82 Å². The largest absolute Gasteiger partial charge is 0.383 e. The van der Waals surface area contributed by atoms with Crippen molar-refractivity contribution in [1.29, 1.82) is 0 Å². The number of pyridine rings is 1. The lowest BCUT2D eigenvalue weighted by molar-refractivity contribution is 0.869. The lowest BCUT2D eigenvalue weighted by Crippen LogP contribution is -2.05. The second-order valence-corrected chi connectivity index (χ2v) is 5.21. The summed E-state index contributed by atoms with van der Waals surface area (Å²) < 4.78 is 0.957. The van der Waals surface area contributed by atoms with Crippen LogP contribution in [0.2, 0.25) is 0 Å². The fourth-order valence-corrected chi connectivity index (χ4v) is 2.16. The molecule has 4 nitrogen and oxygen atoms in total. The summed E-state index contributed by atoms with van der Waals surface area (Å²) in [6.07, 6.45) is 3.74. The van der Waals surface area contributed by atoms with E-state index in [4.69, 9.17) is 5.73 Å².